The van der Waals surface area contributed by atoms with Gasteiger partial charge in [0.2, 0.25) is 0 Å². The predicted molar refractivity (Wildman–Crippen MR) is 91.7 cm³/mol. The Morgan fingerprint density at radius 1 is 0.818 bits per heavy atom. The van der Waals surface area contributed by atoms with Crippen LogP contribution in [0.5, 0.6) is 0 Å². The molecule has 0 rings (SSSR count). The van der Waals surface area contributed by atoms with Crippen LogP contribution in [0.1, 0.15) is 103 Å². The van der Waals surface area contributed by atoms with E-state index in [4.69, 9.17) is 0 Å². The molecule has 22 heavy (non-hydrogen) atoms. The van der Waals surface area contributed by atoms with Crippen LogP contribution in [0.25, 0.3) is 0 Å². The zero-order valence-corrected chi connectivity index (χ0v) is 17.9. The first-order chi connectivity index (χ1) is 10.2. The first-order valence-corrected chi connectivity index (χ1v) is 9.04. The molecule has 0 aromatic carbocycles. The van der Waals surface area contributed by atoms with Crippen molar-refractivity contribution in [3.8, 4) is 0 Å². The Kier molecular flexibility index (Phi) is 21.6. The Labute approximate surface area is 156 Å². The number of hydrogen-bond donors (Lipinski definition) is 1. The molecule has 0 saturated carbocycles. The maximum absolute atomic E-state index is 10.2. The van der Waals surface area contributed by atoms with Crippen LogP contribution in [0.3, 0.4) is 0 Å². The van der Waals surface area contributed by atoms with Gasteiger partial charge in [0.05, 0.1) is 6.10 Å². The van der Waals surface area contributed by atoms with E-state index in [0.29, 0.717) is 0 Å². The van der Waals surface area contributed by atoms with Gasteiger partial charge in [-0.25, -0.2) is 0 Å². The Bertz CT molecular complexity index is 234. The van der Waals surface area contributed by atoms with Crippen LogP contribution < -0.4 is 5.11 Å². The number of carbonyl (C=O) groups excluding carboxylic acids is 1. The third kappa shape index (κ3) is 20.3. The van der Waals surface area contributed by atoms with E-state index in [2.05, 4.69) is 6.92 Å². The topological polar surface area (TPSA) is 60.4 Å². The fraction of sp³-hybridized carbons (Fsp3) is 0.944. The number of unbranched alkanes of at least 4 members (excludes halogenated alkanes) is 10. The molecule has 0 saturated heterocycles. The number of hydrogen-bond acceptors (Lipinski definition) is 3. The molecule has 0 aliphatic carbocycles. The summed E-state index contributed by atoms with van der Waals surface area (Å²) in [6, 6.07) is 0. The van der Waals surface area contributed by atoms with Crippen molar-refractivity contribution in [1.82, 2.24) is 0 Å². The molecule has 0 amide bonds. The maximum Gasteiger partial charge on any atom is 3.00 e. The van der Waals surface area contributed by atoms with E-state index in [1.54, 1.807) is 0 Å². The van der Waals surface area contributed by atoms with E-state index in [-0.39, 0.29) is 38.7 Å². The molecular weight excluding hydrogens is 473 g/mol. The summed E-state index contributed by atoms with van der Waals surface area (Å²) in [5.41, 5.74) is 0. The van der Waals surface area contributed by atoms with Gasteiger partial charge in [0.1, 0.15) is 0 Å². The molecule has 4 heteroatoms. The molecule has 0 spiro atoms. The zero-order chi connectivity index (χ0) is 15.8. The van der Waals surface area contributed by atoms with Crippen molar-refractivity contribution in [1.29, 1.82) is 0 Å². The normalized spacial score (nSPS) is 11.9. The van der Waals surface area contributed by atoms with Crippen LogP contribution >= 0.6 is 0 Å². The summed E-state index contributed by atoms with van der Waals surface area (Å²) in [5, 5.41) is 20.1. The Balaban J connectivity index is 0. The molecule has 0 bridgehead atoms. The molecule has 0 aliphatic rings. The van der Waals surface area contributed by atoms with Crippen LogP contribution in [0.4, 0.5) is 0 Å². The standard InChI is InChI=1S/C18H36O3.Bi/c1-2-3-4-11-14-17(19)15-12-9-7-5-6-8-10-13-16-18(20)21;/h17,19H,2-16H2,1H3,(H,20,21);/q;+3/p-1. The second-order valence-electron chi connectivity index (χ2n) is 6.24. The molecule has 128 valence electrons. The Morgan fingerprint density at radius 2 is 1.23 bits per heavy atom. The minimum absolute atomic E-state index is 0. The predicted octanol–water partition coefficient (Wildman–Crippen LogP) is 3.59. The van der Waals surface area contributed by atoms with Crippen LogP contribution in [0.2, 0.25) is 0 Å². The van der Waals surface area contributed by atoms with Gasteiger partial charge in [-0.3, -0.25) is 0 Å². The number of aliphatic hydroxyl groups is 1. The van der Waals surface area contributed by atoms with E-state index in [1.165, 1.54) is 51.4 Å². The minimum atomic E-state index is -0.928. The van der Waals surface area contributed by atoms with E-state index in [1.807, 2.05) is 0 Å². The van der Waals surface area contributed by atoms with E-state index < -0.39 is 5.97 Å². The summed E-state index contributed by atoms with van der Waals surface area (Å²) in [7, 11) is 0. The van der Waals surface area contributed by atoms with Gasteiger partial charge < -0.3 is 15.0 Å². The van der Waals surface area contributed by atoms with Crippen molar-refractivity contribution in [2.24, 2.45) is 0 Å². The fourth-order valence-corrected chi connectivity index (χ4v) is 2.66. The molecule has 3 nitrogen and oxygen atoms in total. The van der Waals surface area contributed by atoms with Crippen LogP contribution in [-0.2, 0) is 4.79 Å². The molecule has 1 N–H and O–H groups in total. The van der Waals surface area contributed by atoms with Gasteiger partial charge in [-0.15, -0.1) is 0 Å². The van der Waals surface area contributed by atoms with Gasteiger partial charge in [-0.05, 0) is 25.7 Å². The van der Waals surface area contributed by atoms with E-state index >= 15 is 0 Å². The average molecular weight is 508 g/mol. The number of aliphatic hydroxyl groups excluding tert-OH is 1. The van der Waals surface area contributed by atoms with Gasteiger partial charge in [-0.1, -0.05) is 77.6 Å². The fourth-order valence-electron chi connectivity index (χ4n) is 2.66. The molecule has 0 aromatic heterocycles. The van der Waals surface area contributed by atoms with Gasteiger partial charge in [0.25, 0.3) is 0 Å². The SMILES string of the molecule is CCCCCCC(O)CCCCCCCCCCC(=O)[O-].[Bi+3]. The molecule has 0 fully saturated rings. The molecule has 0 heterocycles. The smallest absolute Gasteiger partial charge is 0.550 e. The zero-order valence-electron chi connectivity index (χ0n) is 14.4. The van der Waals surface area contributed by atoms with Crippen molar-refractivity contribution in [2.45, 2.75) is 109 Å². The van der Waals surface area contributed by atoms with Crippen molar-refractivity contribution in [3.05, 3.63) is 0 Å². The third-order valence-corrected chi connectivity index (χ3v) is 4.06. The Morgan fingerprint density at radius 3 is 1.68 bits per heavy atom. The van der Waals surface area contributed by atoms with Crippen molar-refractivity contribution < 1.29 is 15.0 Å². The molecule has 0 aliphatic heterocycles. The average Bonchev–Trinajstić information content (AvgIpc) is 2.45. The second-order valence-corrected chi connectivity index (χ2v) is 6.24. The number of carboxylic acid groups (broad SMARTS) is 1. The first kappa shape index (κ1) is 24.6. The number of carboxylic acids is 1. The van der Waals surface area contributed by atoms with Crippen molar-refractivity contribution in [3.63, 3.8) is 0 Å². The van der Waals surface area contributed by atoms with E-state index in [9.17, 15) is 15.0 Å². The summed E-state index contributed by atoms with van der Waals surface area (Å²) in [4.78, 5) is 10.2. The second kappa shape index (κ2) is 19.4. The third-order valence-electron chi connectivity index (χ3n) is 4.06. The summed E-state index contributed by atoms with van der Waals surface area (Å²) in [6.45, 7) is 2.21. The molecule has 1 unspecified atom stereocenters. The monoisotopic (exact) mass is 508 g/mol. The van der Waals surface area contributed by atoms with Crippen LogP contribution in [0, 0.1) is 0 Å². The van der Waals surface area contributed by atoms with Crippen molar-refractivity contribution >= 4 is 32.2 Å². The van der Waals surface area contributed by atoms with Gasteiger partial charge in [0.15, 0.2) is 0 Å². The van der Waals surface area contributed by atoms with Gasteiger partial charge in [0, 0.05) is 5.97 Å². The molecule has 1 atom stereocenters. The number of rotatable bonds is 16. The molecule has 2 radical (unpaired) electrons. The van der Waals surface area contributed by atoms with Gasteiger partial charge >= 0.3 is 26.2 Å². The summed E-state index contributed by atoms with van der Waals surface area (Å²) >= 11 is 0. The molecule has 0 aromatic rings. The number of carbonyl (C=O) groups is 1. The Hall–Kier alpha value is 0.313. The summed E-state index contributed by atoms with van der Waals surface area (Å²) < 4.78 is 0. The largest absolute Gasteiger partial charge is 3.00 e. The summed E-state index contributed by atoms with van der Waals surface area (Å²) in [6.07, 6.45) is 15.9. The molecular formula is C18H35BiO3+2. The quantitative estimate of drug-likeness (QED) is 0.256. The van der Waals surface area contributed by atoms with Gasteiger partial charge in [-0.2, -0.15) is 0 Å². The van der Waals surface area contributed by atoms with Crippen LogP contribution in [-0.4, -0.2) is 43.4 Å². The van der Waals surface area contributed by atoms with Crippen LogP contribution in [0.15, 0.2) is 0 Å². The summed E-state index contributed by atoms with van der Waals surface area (Å²) in [5.74, 6) is -0.928. The first-order valence-electron chi connectivity index (χ1n) is 9.04. The van der Waals surface area contributed by atoms with E-state index in [0.717, 1.165) is 38.5 Å². The maximum atomic E-state index is 10.2. The minimum Gasteiger partial charge on any atom is -0.550 e. The number of aliphatic carboxylic acids is 1. The van der Waals surface area contributed by atoms with Crippen molar-refractivity contribution in [2.75, 3.05) is 0 Å².